The van der Waals surface area contributed by atoms with E-state index in [2.05, 4.69) is 45.2 Å². The van der Waals surface area contributed by atoms with Crippen LogP contribution in [0.15, 0.2) is 0 Å². The second-order valence-electron chi connectivity index (χ2n) is 2.02. The van der Waals surface area contributed by atoms with E-state index in [1.165, 1.54) is 0 Å². The van der Waals surface area contributed by atoms with Crippen molar-refractivity contribution in [3.05, 3.63) is 0 Å². The van der Waals surface area contributed by atoms with E-state index < -0.39 is 5.97 Å². The van der Waals surface area contributed by atoms with Crippen LogP contribution in [-0.2, 0) is 4.79 Å². The molecule has 0 aromatic heterocycles. The maximum Gasteiger partial charge on any atom is 0.307 e. The molecule has 0 aromatic carbocycles. The molecule has 4 heteroatoms. The van der Waals surface area contributed by atoms with Crippen molar-refractivity contribution in [1.29, 1.82) is 0 Å². The highest BCUT2D eigenvalue weighted by atomic mass is 127. The first-order valence-corrected chi connectivity index (χ1v) is 6.83. The highest BCUT2D eigenvalue weighted by Gasteiger charge is 2.22. The number of carboxylic acid groups (broad SMARTS) is 1. The number of halogens is 2. The molecule has 0 saturated carbocycles. The maximum atomic E-state index is 10.5. The van der Waals surface area contributed by atoms with Crippen LogP contribution < -0.4 is 0 Å². The van der Waals surface area contributed by atoms with Gasteiger partial charge in [-0.05, 0) is 6.42 Å². The minimum absolute atomic E-state index is 0.169. The van der Waals surface area contributed by atoms with E-state index in [-0.39, 0.29) is 9.84 Å². The molecule has 0 spiro atoms. The van der Waals surface area contributed by atoms with Crippen LogP contribution >= 0.6 is 45.2 Å². The molecular weight excluding hydrogens is 382 g/mol. The molecule has 0 heterocycles. The van der Waals surface area contributed by atoms with Crippen molar-refractivity contribution in [3.8, 4) is 0 Å². The summed E-state index contributed by atoms with van der Waals surface area (Å²) < 4.78 is 1.17. The Hall–Kier alpha value is 0.930. The summed E-state index contributed by atoms with van der Waals surface area (Å²) in [4.78, 5) is 10.5. The lowest BCUT2D eigenvalue weighted by Gasteiger charge is -2.13. The highest BCUT2D eigenvalue weighted by molar-refractivity contribution is 14.1. The lowest BCUT2D eigenvalue weighted by Crippen LogP contribution is -2.23. The van der Waals surface area contributed by atoms with E-state index in [9.17, 15) is 4.79 Å². The number of alkyl halides is 2. The first-order chi connectivity index (χ1) is 5.63. The first-order valence-electron chi connectivity index (χ1n) is 4.06. The van der Waals surface area contributed by atoms with Gasteiger partial charge < -0.3 is 5.11 Å². The fourth-order valence-electron chi connectivity index (χ4n) is 0.693. The average Bonchev–Trinajstić information content (AvgIpc) is 2.08. The van der Waals surface area contributed by atoms with Crippen molar-refractivity contribution in [2.24, 2.45) is 5.92 Å². The largest absolute Gasteiger partial charge is 0.481 e. The Morgan fingerprint density at radius 2 is 1.92 bits per heavy atom. The van der Waals surface area contributed by atoms with Crippen molar-refractivity contribution in [2.75, 3.05) is 4.43 Å². The molecule has 2 nitrogen and oxygen atoms in total. The molecule has 0 rings (SSSR count). The normalized spacial score (nSPS) is 14.1. The van der Waals surface area contributed by atoms with Gasteiger partial charge in [-0.2, -0.15) is 0 Å². The lowest BCUT2D eigenvalue weighted by atomic mass is 10.0. The minimum atomic E-state index is -0.668. The van der Waals surface area contributed by atoms with Crippen LogP contribution in [0.25, 0.3) is 0 Å². The zero-order valence-electron chi connectivity index (χ0n) is 7.68. The summed E-state index contributed by atoms with van der Waals surface area (Å²) in [5, 5.41) is 8.67. The zero-order chi connectivity index (χ0) is 10.1. The first kappa shape index (κ1) is 15.4. The van der Waals surface area contributed by atoms with Gasteiger partial charge in [0.15, 0.2) is 0 Å². The van der Waals surface area contributed by atoms with Crippen LogP contribution in [0.3, 0.4) is 0 Å². The van der Waals surface area contributed by atoms with Crippen LogP contribution in [0.5, 0.6) is 0 Å². The number of hydrogen-bond donors (Lipinski definition) is 1. The summed E-state index contributed by atoms with van der Waals surface area (Å²) >= 11 is 4.41. The molecule has 2 atom stereocenters. The second kappa shape index (κ2) is 10.0. The molecule has 0 fully saturated rings. The molecule has 0 saturated heterocycles. The van der Waals surface area contributed by atoms with Crippen LogP contribution in [0, 0.1) is 5.92 Å². The van der Waals surface area contributed by atoms with Gasteiger partial charge in [0.1, 0.15) is 0 Å². The van der Waals surface area contributed by atoms with Gasteiger partial charge in [0.05, 0.1) is 5.92 Å². The van der Waals surface area contributed by atoms with Crippen molar-refractivity contribution in [3.63, 3.8) is 0 Å². The van der Waals surface area contributed by atoms with Gasteiger partial charge in [-0.15, -0.1) is 0 Å². The average molecular weight is 398 g/mol. The van der Waals surface area contributed by atoms with E-state index in [0.29, 0.717) is 0 Å². The molecule has 2 unspecified atom stereocenters. The number of carbonyl (C=O) groups is 1. The fourth-order valence-corrected chi connectivity index (χ4v) is 2.12. The van der Waals surface area contributed by atoms with Gasteiger partial charge in [0.2, 0.25) is 0 Å². The summed E-state index contributed by atoms with van der Waals surface area (Å²) in [6.07, 6.45) is 0.728. The standard InChI is InChI=1S/C6H10I2O2.C2H6/c1-2-4(6(9)10)5(8)3-7;1-2/h4-5H,2-3H2,1H3,(H,9,10);1-2H3. The van der Waals surface area contributed by atoms with Crippen molar-refractivity contribution < 1.29 is 9.90 Å². The van der Waals surface area contributed by atoms with Crippen LogP contribution in [-0.4, -0.2) is 19.4 Å². The fraction of sp³-hybridized carbons (Fsp3) is 0.875. The predicted molar refractivity (Wildman–Crippen MR) is 69.5 cm³/mol. The predicted octanol–water partition coefficient (Wildman–Crippen LogP) is 3.36. The SMILES string of the molecule is CC.CCC(C(=O)O)C(I)CI. The number of aliphatic carboxylic acids is 1. The molecule has 0 bridgehead atoms. The van der Waals surface area contributed by atoms with E-state index >= 15 is 0 Å². The summed E-state index contributed by atoms with van der Waals surface area (Å²) in [5.74, 6) is -0.837. The smallest absolute Gasteiger partial charge is 0.307 e. The van der Waals surface area contributed by atoms with E-state index in [4.69, 9.17) is 5.11 Å². The third-order valence-corrected chi connectivity index (χ3v) is 5.28. The second-order valence-corrected chi connectivity index (χ2v) is 4.50. The quantitative estimate of drug-likeness (QED) is 0.583. The zero-order valence-corrected chi connectivity index (χ0v) is 12.0. The van der Waals surface area contributed by atoms with Crippen LogP contribution in [0.4, 0.5) is 0 Å². The molecule has 0 aromatic rings. The van der Waals surface area contributed by atoms with Gasteiger partial charge in [-0.1, -0.05) is 66.0 Å². The molecule has 1 N–H and O–H groups in total. The molecule has 0 aliphatic heterocycles. The molecule has 12 heavy (non-hydrogen) atoms. The number of rotatable bonds is 4. The van der Waals surface area contributed by atoms with Crippen molar-refractivity contribution >= 4 is 51.2 Å². The van der Waals surface area contributed by atoms with Gasteiger partial charge in [0.25, 0.3) is 0 Å². The van der Waals surface area contributed by atoms with Gasteiger partial charge in [-0.3, -0.25) is 4.79 Å². The number of carboxylic acids is 1. The Kier molecular flexibility index (Phi) is 12.9. The van der Waals surface area contributed by atoms with Gasteiger partial charge >= 0.3 is 5.97 Å². The summed E-state index contributed by atoms with van der Waals surface area (Å²) in [6, 6.07) is 0. The monoisotopic (exact) mass is 398 g/mol. The van der Waals surface area contributed by atoms with Crippen LogP contribution in [0.2, 0.25) is 0 Å². The van der Waals surface area contributed by atoms with E-state index in [1.54, 1.807) is 0 Å². The molecule has 74 valence electrons. The lowest BCUT2D eigenvalue weighted by molar-refractivity contribution is -0.141. The van der Waals surface area contributed by atoms with Gasteiger partial charge in [-0.25, -0.2) is 0 Å². The molecule has 0 aliphatic carbocycles. The topological polar surface area (TPSA) is 37.3 Å². The Morgan fingerprint density at radius 1 is 1.50 bits per heavy atom. The summed E-state index contributed by atoms with van der Waals surface area (Å²) in [7, 11) is 0. The minimum Gasteiger partial charge on any atom is -0.481 e. The number of hydrogen-bond acceptors (Lipinski definition) is 1. The molecular formula is C8H16I2O2. The van der Waals surface area contributed by atoms with E-state index in [1.807, 2.05) is 20.8 Å². The van der Waals surface area contributed by atoms with Gasteiger partial charge in [0, 0.05) is 8.35 Å². The summed E-state index contributed by atoms with van der Waals surface area (Å²) in [6.45, 7) is 5.91. The van der Waals surface area contributed by atoms with E-state index in [0.717, 1.165) is 10.8 Å². The Bertz CT molecular complexity index is 118. The summed E-state index contributed by atoms with van der Waals surface area (Å²) in [5.41, 5.74) is 0. The third-order valence-electron chi connectivity index (χ3n) is 1.34. The Balaban J connectivity index is 0. The molecule has 0 aliphatic rings. The Morgan fingerprint density at radius 3 is 2.00 bits per heavy atom. The molecule has 0 amide bonds. The van der Waals surface area contributed by atoms with Crippen LogP contribution in [0.1, 0.15) is 27.2 Å². The van der Waals surface area contributed by atoms with Crippen molar-refractivity contribution in [1.82, 2.24) is 0 Å². The maximum absolute atomic E-state index is 10.5. The Labute approximate surface area is 102 Å². The third kappa shape index (κ3) is 6.45. The molecule has 0 radical (unpaired) electrons. The highest BCUT2D eigenvalue weighted by Crippen LogP contribution is 2.19. The van der Waals surface area contributed by atoms with Crippen molar-refractivity contribution in [2.45, 2.75) is 31.1 Å².